The van der Waals surface area contributed by atoms with Crippen LogP contribution in [0, 0.1) is 13.8 Å². The molecule has 6 aromatic rings. The van der Waals surface area contributed by atoms with Crippen LogP contribution in [-0.2, 0) is 0 Å². The summed E-state index contributed by atoms with van der Waals surface area (Å²) in [5.41, 5.74) is 13.3. The number of anilines is 3. The lowest BCUT2D eigenvalue weighted by atomic mass is 9.98. The smallest absolute Gasteiger partial charge is 0.0464 e. The molecule has 0 aliphatic rings. The molecule has 2 heteroatoms. The highest BCUT2D eigenvalue weighted by Crippen LogP contribution is 2.39. The second-order valence-electron chi connectivity index (χ2n) is 10.1. The SMILES string of the molecule is Cc1cc(N(c2ccc(-c3ccc(Br)cc3)cc2)c2ccc(-c3ccccc3)c(C)c2)ccc1-c1ccccc1. The molecule has 0 aliphatic carbocycles. The summed E-state index contributed by atoms with van der Waals surface area (Å²) < 4.78 is 1.09. The third kappa shape index (κ3) is 5.36. The van der Waals surface area contributed by atoms with E-state index in [0.717, 1.165) is 21.5 Å². The number of rotatable bonds is 6. The lowest BCUT2D eigenvalue weighted by Gasteiger charge is -2.27. The second kappa shape index (κ2) is 11.4. The van der Waals surface area contributed by atoms with Gasteiger partial charge >= 0.3 is 0 Å². The molecular formula is C38H30BrN. The number of hydrogen-bond acceptors (Lipinski definition) is 1. The molecule has 1 nitrogen and oxygen atoms in total. The highest BCUT2D eigenvalue weighted by molar-refractivity contribution is 9.10. The van der Waals surface area contributed by atoms with Gasteiger partial charge in [0.25, 0.3) is 0 Å². The number of halogens is 1. The Bertz CT molecular complexity index is 1650. The predicted molar refractivity (Wildman–Crippen MR) is 175 cm³/mol. The van der Waals surface area contributed by atoms with Crippen molar-refractivity contribution in [1.82, 2.24) is 0 Å². The molecule has 0 spiro atoms. The van der Waals surface area contributed by atoms with Gasteiger partial charge in [0.15, 0.2) is 0 Å². The average Bonchev–Trinajstić information content (AvgIpc) is 2.99. The first-order valence-electron chi connectivity index (χ1n) is 13.5. The Balaban J connectivity index is 1.43. The van der Waals surface area contributed by atoms with Crippen LogP contribution in [0.5, 0.6) is 0 Å². The Kier molecular flexibility index (Phi) is 7.35. The van der Waals surface area contributed by atoms with Crippen molar-refractivity contribution < 1.29 is 0 Å². The van der Waals surface area contributed by atoms with Crippen LogP contribution < -0.4 is 4.90 Å². The lowest BCUT2D eigenvalue weighted by Crippen LogP contribution is -2.10. The third-order valence-electron chi connectivity index (χ3n) is 7.41. The maximum absolute atomic E-state index is 3.55. The topological polar surface area (TPSA) is 3.24 Å². The van der Waals surface area contributed by atoms with Gasteiger partial charge in [-0.25, -0.2) is 0 Å². The Morgan fingerprint density at radius 1 is 0.400 bits per heavy atom. The molecule has 0 amide bonds. The van der Waals surface area contributed by atoms with Gasteiger partial charge in [-0.05, 0) is 107 Å². The normalized spacial score (nSPS) is 10.9. The van der Waals surface area contributed by atoms with Crippen molar-refractivity contribution in [2.45, 2.75) is 13.8 Å². The molecule has 6 rings (SSSR count). The predicted octanol–water partition coefficient (Wildman–Crippen LogP) is 11.5. The van der Waals surface area contributed by atoms with E-state index in [1.54, 1.807) is 0 Å². The van der Waals surface area contributed by atoms with E-state index < -0.39 is 0 Å². The summed E-state index contributed by atoms with van der Waals surface area (Å²) >= 11 is 3.55. The molecule has 0 unspecified atom stereocenters. The molecule has 0 saturated heterocycles. The van der Waals surface area contributed by atoms with E-state index in [9.17, 15) is 0 Å². The van der Waals surface area contributed by atoms with Crippen molar-refractivity contribution in [1.29, 1.82) is 0 Å². The zero-order chi connectivity index (χ0) is 27.5. The Labute approximate surface area is 245 Å². The van der Waals surface area contributed by atoms with Crippen molar-refractivity contribution in [3.8, 4) is 33.4 Å². The standard InChI is InChI=1S/C38H30BrN/c1-27-25-35(21-23-37(27)31-9-5-3-6-10-31)40(34-19-15-30(16-20-34)29-13-17-33(39)18-14-29)36-22-24-38(28(2)26-36)32-11-7-4-8-12-32/h3-26H,1-2H3. The van der Waals surface area contributed by atoms with E-state index in [4.69, 9.17) is 0 Å². The summed E-state index contributed by atoms with van der Waals surface area (Å²) in [6.45, 7) is 4.40. The molecule has 0 fully saturated rings. The fourth-order valence-corrected chi connectivity index (χ4v) is 5.61. The Morgan fingerprint density at radius 3 is 1.23 bits per heavy atom. The third-order valence-corrected chi connectivity index (χ3v) is 7.94. The fourth-order valence-electron chi connectivity index (χ4n) is 5.35. The van der Waals surface area contributed by atoms with Crippen LogP contribution in [0.4, 0.5) is 17.1 Å². The monoisotopic (exact) mass is 579 g/mol. The first kappa shape index (κ1) is 25.9. The largest absolute Gasteiger partial charge is 0.310 e. The Morgan fingerprint density at radius 2 is 0.800 bits per heavy atom. The zero-order valence-electron chi connectivity index (χ0n) is 22.7. The number of aryl methyl sites for hydroxylation is 2. The zero-order valence-corrected chi connectivity index (χ0v) is 24.3. The van der Waals surface area contributed by atoms with Gasteiger partial charge in [-0.2, -0.15) is 0 Å². The van der Waals surface area contributed by atoms with Crippen LogP contribution in [0.25, 0.3) is 33.4 Å². The summed E-state index contributed by atoms with van der Waals surface area (Å²) in [5.74, 6) is 0. The van der Waals surface area contributed by atoms with E-state index >= 15 is 0 Å². The molecule has 6 aromatic carbocycles. The summed E-state index contributed by atoms with van der Waals surface area (Å²) in [5, 5.41) is 0. The van der Waals surface area contributed by atoms with Gasteiger partial charge in [0.05, 0.1) is 0 Å². The van der Waals surface area contributed by atoms with Crippen molar-refractivity contribution >= 4 is 33.0 Å². The number of hydrogen-bond donors (Lipinski definition) is 0. The molecule has 0 bridgehead atoms. The quantitative estimate of drug-likeness (QED) is 0.189. The molecular weight excluding hydrogens is 550 g/mol. The van der Waals surface area contributed by atoms with Gasteiger partial charge in [-0.15, -0.1) is 0 Å². The number of nitrogens with zero attached hydrogens (tertiary/aromatic N) is 1. The summed E-state index contributed by atoms with van der Waals surface area (Å²) in [6.07, 6.45) is 0. The van der Waals surface area contributed by atoms with Crippen molar-refractivity contribution in [2.24, 2.45) is 0 Å². The summed E-state index contributed by atoms with van der Waals surface area (Å²) in [7, 11) is 0. The van der Waals surface area contributed by atoms with Crippen molar-refractivity contribution in [2.75, 3.05) is 4.90 Å². The van der Waals surface area contributed by atoms with Gasteiger partial charge in [-0.3, -0.25) is 0 Å². The van der Waals surface area contributed by atoms with Crippen LogP contribution in [0.2, 0.25) is 0 Å². The molecule has 0 N–H and O–H groups in total. The van der Waals surface area contributed by atoms with Crippen molar-refractivity contribution in [3.05, 3.63) is 161 Å². The van der Waals surface area contributed by atoms with Crippen LogP contribution in [0.15, 0.2) is 150 Å². The highest BCUT2D eigenvalue weighted by atomic mass is 79.9. The number of benzene rings is 6. The molecule has 0 saturated carbocycles. The first-order valence-corrected chi connectivity index (χ1v) is 14.3. The van der Waals surface area contributed by atoms with Crippen LogP contribution >= 0.6 is 15.9 Å². The van der Waals surface area contributed by atoms with Gasteiger partial charge < -0.3 is 4.90 Å². The molecule has 0 atom stereocenters. The average molecular weight is 581 g/mol. The molecule has 194 valence electrons. The van der Waals surface area contributed by atoms with Gasteiger partial charge in [0, 0.05) is 21.5 Å². The van der Waals surface area contributed by atoms with Gasteiger partial charge in [0.2, 0.25) is 0 Å². The van der Waals surface area contributed by atoms with Crippen LogP contribution in [0.3, 0.4) is 0 Å². The fraction of sp³-hybridized carbons (Fsp3) is 0.0526. The van der Waals surface area contributed by atoms with Crippen molar-refractivity contribution in [3.63, 3.8) is 0 Å². The van der Waals surface area contributed by atoms with E-state index in [-0.39, 0.29) is 0 Å². The minimum Gasteiger partial charge on any atom is -0.310 e. The molecule has 0 heterocycles. The highest BCUT2D eigenvalue weighted by Gasteiger charge is 2.16. The van der Waals surface area contributed by atoms with Gasteiger partial charge in [-0.1, -0.05) is 113 Å². The summed E-state index contributed by atoms with van der Waals surface area (Å²) in [4.78, 5) is 2.36. The summed E-state index contributed by atoms with van der Waals surface area (Å²) in [6, 6.07) is 52.1. The van der Waals surface area contributed by atoms with E-state index in [0.29, 0.717) is 0 Å². The lowest BCUT2D eigenvalue weighted by molar-refractivity contribution is 1.26. The first-order chi connectivity index (χ1) is 19.6. The molecule has 40 heavy (non-hydrogen) atoms. The minimum atomic E-state index is 1.09. The Hall–Kier alpha value is -4.40. The van der Waals surface area contributed by atoms with Crippen LogP contribution in [-0.4, -0.2) is 0 Å². The maximum atomic E-state index is 3.55. The van der Waals surface area contributed by atoms with Gasteiger partial charge in [0.1, 0.15) is 0 Å². The van der Waals surface area contributed by atoms with E-state index in [1.807, 2.05) is 0 Å². The molecule has 0 aliphatic heterocycles. The van der Waals surface area contributed by atoms with Crippen LogP contribution in [0.1, 0.15) is 11.1 Å². The van der Waals surface area contributed by atoms with E-state index in [2.05, 4.69) is 180 Å². The molecule has 0 radical (unpaired) electrons. The molecule has 0 aromatic heterocycles. The minimum absolute atomic E-state index is 1.09. The van der Waals surface area contributed by atoms with E-state index in [1.165, 1.54) is 44.5 Å². The second-order valence-corrected chi connectivity index (χ2v) is 11.0. The maximum Gasteiger partial charge on any atom is 0.0464 e.